The van der Waals surface area contributed by atoms with Gasteiger partial charge in [-0.25, -0.2) is 9.67 Å². The van der Waals surface area contributed by atoms with E-state index in [4.69, 9.17) is 0 Å². The van der Waals surface area contributed by atoms with Crippen LogP contribution in [0.15, 0.2) is 67.4 Å². The third kappa shape index (κ3) is 3.79. The number of fused-ring (bicyclic) bond motifs is 1. The smallest absolute Gasteiger partial charge is 0.295 e. The van der Waals surface area contributed by atoms with Crippen molar-refractivity contribution in [2.45, 2.75) is 6.42 Å². The summed E-state index contributed by atoms with van der Waals surface area (Å²) in [5, 5.41) is 19.2. The number of hydrogen-bond acceptors (Lipinski definition) is 6. The Hall–Kier alpha value is -4.14. The van der Waals surface area contributed by atoms with E-state index in [0.29, 0.717) is 13.0 Å². The number of carbonyl (C=O) groups is 1. The molecule has 4 rings (SSSR count). The van der Waals surface area contributed by atoms with Gasteiger partial charge in [0.2, 0.25) is 0 Å². The lowest BCUT2D eigenvalue weighted by Crippen LogP contribution is -2.26. The normalized spacial score (nSPS) is 10.8. The summed E-state index contributed by atoms with van der Waals surface area (Å²) in [6.07, 6.45) is 4.98. The fourth-order valence-electron chi connectivity index (χ4n) is 3.12. The fraction of sp³-hybridized carbons (Fsp3) is 0.100. The molecule has 0 unspecified atom stereocenters. The molecule has 0 radical (unpaired) electrons. The average molecular weight is 388 g/mol. The van der Waals surface area contributed by atoms with E-state index in [1.165, 1.54) is 35.5 Å². The summed E-state index contributed by atoms with van der Waals surface area (Å²) < 4.78 is 1.29. The Bertz CT molecular complexity index is 1180. The molecule has 0 fully saturated rings. The van der Waals surface area contributed by atoms with Crippen LogP contribution in [0.5, 0.6) is 0 Å². The van der Waals surface area contributed by atoms with Crippen LogP contribution in [0, 0.1) is 10.1 Å². The zero-order valence-corrected chi connectivity index (χ0v) is 15.2. The predicted octanol–water partition coefficient (Wildman–Crippen LogP) is 2.70. The van der Waals surface area contributed by atoms with Crippen LogP contribution >= 0.6 is 0 Å². The molecule has 0 saturated heterocycles. The minimum absolute atomic E-state index is 0.205. The van der Waals surface area contributed by atoms with Gasteiger partial charge in [-0.15, -0.1) is 0 Å². The van der Waals surface area contributed by atoms with Crippen LogP contribution in [-0.4, -0.2) is 37.1 Å². The molecule has 1 N–H and O–H groups in total. The number of hydrogen-bond donors (Lipinski definition) is 1. The lowest BCUT2D eigenvalue weighted by molar-refractivity contribution is -0.384. The number of nitro benzene ring substituents is 1. The maximum absolute atomic E-state index is 12.5. The highest BCUT2D eigenvalue weighted by Crippen LogP contribution is 2.23. The van der Waals surface area contributed by atoms with E-state index in [1.807, 2.05) is 30.3 Å². The molecule has 4 aromatic rings. The summed E-state index contributed by atoms with van der Waals surface area (Å²) in [4.78, 5) is 31.6. The Morgan fingerprint density at radius 1 is 1.17 bits per heavy atom. The van der Waals surface area contributed by atoms with Gasteiger partial charge in [0.1, 0.15) is 18.3 Å². The van der Waals surface area contributed by atoms with Gasteiger partial charge >= 0.3 is 0 Å². The summed E-state index contributed by atoms with van der Waals surface area (Å²) in [6.45, 7) is 0.382. The highest BCUT2D eigenvalue weighted by Gasteiger charge is 2.19. The van der Waals surface area contributed by atoms with Crippen LogP contribution in [0.1, 0.15) is 15.9 Å². The van der Waals surface area contributed by atoms with E-state index in [0.717, 1.165) is 16.5 Å². The van der Waals surface area contributed by atoms with E-state index in [-0.39, 0.29) is 22.8 Å². The first-order chi connectivity index (χ1) is 14.1. The zero-order chi connectivity index (χ0) is 20.2. The second-order valence-electron chi connectivity index (χ2n) is 6.30. The monoisotopic (exact) mass is 388 g/mol. The highest BCUT2D eigenvalue weighted by molar-refractivity contribution is 5.95. The van der Waals surface area contributed by atoms with Crippen molar-refractivity contribution in [2.24, 2.45) is 0 Å². The number of carbonyl (C=O) groups excluding carboxylic acids is 1. The highest BCUT2D eigenvalue weighted by atomic mass is 16.6. The number of benzene rings is 2. The van der Waals surface area contributed by atoms with Crippen LogP contribution < -0.4 is 5.32 Å². The maximum Gasteiger partial charge on any atom is 0.295 e. The first kappa shape index (κ1) is 18.2. The van der Waals surface area contributed by atoms with Gasteiger partial charge < -0.3 is 5.32 Å². The summed E-state index contributed by atoms with van der Waals surface area (Å²) >= 11 is 0. The van der Waals surface area contributed by atoms with Crippen molar-refractivity contribution in [3.05, 3.63) is 88.6 Å². The summed E-state index contributed by atoms with van der Waals surface area (Å²) in [5.41, 5.74) is 2.15. The quantitative estimate of drug-likeness (QED) is 0.401. The molecule has 144 valence electrons. The van der Waals surface area contributed by atoms with Gasteiger partial charge in [-0.1, -0.05) is 24.3 Å². The molecule has 9 nitrogen and oxygen atoms in total. The van der Waals surface area contributed by atoms with E-state index in [2.05, 4.69) is 20.4 Å². The van der Waals surface area contributed by atoms with Gasteiger partial charge in [0.15, 0.2) is 0 Å². The number of nitrogens with zero attached hydrogens (tertiary/aromatic N) is 5. The van der Waals surface area contributed by atoms with Crippen molar-refractivity contribution in [1.82, 2.24) is 25.1 Å². The van der Waals surface area contributed by atoms with Crippen LogP contribution in [0.25, 0.3) is 16.6 Å². The Kier molecular flexibility index (Phi) is 4.93. The van der Waals surface area contributed by atoms with Crippen molar-refractivity contribution in [1.29, 1.82) is 0 Å². The molecule has 0 saturated carbocycles. The van der Waals surface area contributed by atoms with Crippen LogP contribution in [0.2, 0.25) is 0 Å². The van der Waals surface area contributed by atoms with Gasteiger partial charge in [0, 0.05) is 29.8 Å². The molecule has 2 heterocycles. The number of pyridine rings is 1. The first-order valence-corrected chi connectivity index (χ1v) is 8.88. The first-order valence-electron chi connectivity index (χ1n) is 8.88. The molecule has 2 aromatic heterocycles. The van der Waals surface area contributed by atoms with Crippen molar-refractivity contribution >= 4 is 22.5 Å². The molecule has 0 spiro atoms. The Morgan fingerprint density at radius 2 is 2.03 bits per heavy atom. The molecular weight excluding hydrogens is 372 g/mol. The van der Waals surface area contributed by atoms with Crippen LogP contribution in [-0.2, 0) is 6.42 Å². The summed E-state index contributed by atoms with van der Waals surface area (Å²) in [6, 6.07) is 14.0. The van der Waals surface area contributed by atoms with E-state index < -0.39 is 4.92 Å². The minimum atomic E-state index is -0.546. The molecule has 0 aliphatic heterocycles. The molecular formula is C20H16N6O3. The van der Waals surface area contributed by atoms with Crippen LogP contribution in [0.3, 0.4) is 0 Å². The third-order valence-corrected chi connectivity index (χ3v) is 4.50. The van der Waals surface area contributed by atoms with Crippen molar-refractivity contribution in [3.63, 3.8) is 0 Å². The summed E-state index contributed by atoms with van der Waals surface area (Å²) in [7, 11) is 0. The molecule has 9 heteroatoms. The van der Waals surface area contributed by atoms with Crippen molar-refractivity contribution < 1.29 is 9.72 Å². The van der Waals surface area contributed by atoms with Gasteiger partial charge in [0.05, 0.1) is 10.4 Å². The van der Waals surface area contributed by atoms with E-state index >= 15 is 0 Å². The second kappa shape index (κ2) is 7.85. The average Bonchev–Trinajstić information content (AvgIpc) is 3.28. The number of amides is 1. The molecule has 0 bridgehead atoms. The van der Waals surface area contributed by atoms with Crippen molar-refractivity contribution in [2.75, 3.05) is 6.54 Å². The fourth-order valence-corrected chi connectivity index (χ4v) is 3.12. The number of para-hydroxylation sites is 1. The largest absolute Gasteiger partial charge is 0.352 e. The SMILES string of the molecule is O=C(NCCc1cccc2cccnc12)c1ccc(-n2cncn2)c([N+](=O)[O-])c1. The Balaban J connectivity index is 1.48. The number of nitrogens with one attached hydrogen (secondary N) is 1. The van der Waals surface area contributed by atoms with Gasteiger partial charge in [-0.2, -0.15) is 5.10 Å². The number of nitro groups is 1. The minimum Gasteiger partial charge on any atom is -0.352 e. The van der Waals surface area contributed by atoms with Gasteiger partial charge in [-0.05, 0) is 30.2 Å². The Morgan fingerprint density at radius 3 is 2.83 bits per heavy atom. The van der Waals surface area contributed by atoms with E-state index in [1.54, 1.807) is 6.20 Å². The number of rotatable bonds is 6. The number of aromatic nitrogens is 4. The van der Waals surface area contributed by atoms with Crippen LogP contribution in [0.4, 0.5) is 5.69 Å². The molecule has 0 aliphatic carbocycles. The molecule has 1 amide bonds. The Labute approximate surface area is 165 Å². The summed E-state index contributed by atoms with van der Waals surface area (Å²) in [5.74, 6) is -0.383. The second-order valence-corrected chi connectivity index (χ2v) is 6.30. The molecule has 2 aromatic carbocycles. The van der Waals surface area contributed by atoms with Gasteiger partial charge in [0.25, 0.3) is 11.6 Å². The van der Waals surface area contributed by atoms with E-state index in [9.17, 15) is 14.9 Å². The standard InChI is InChI=1S/C20H16N6O3/c27-20(23-10-8-15-4-1-3-14-5-2-9-22-19(14)15)16-6-7-17(18(11-16)26(28)29)25-13-21-12-24-25/h1-7,9,11-13H,8,10H2,(H,23,27). The topological polar surface area (TPSA) is 116 Å². The molecule has 29 heavy (non-hydrogen) atoms. The molecule has 0 aliphatic rings. The molecule has 0 atom stereocenters. The zero-order valence-electron chi connectivity index (χ0n) is 15.2. The lowest BCUT2D eigenvalue weighted by Gasteiger charge is -2.09. The lowest BCUT2D eigenvalue weighted by atomic mass is 10.1. The third-order valence-electron chi connectivity index (χ3n) is 4.50. The van der Waals surface area contributed by atoms with Crippen molar-refractivity contribution in [3.8, 4) is 5.69 Å². The maximum atomic E-state index is 12.5. The predicted molar refractivity (Wildman–Crippen MR) is 106 cm³/mol. The van der Waals surface area contributed by atoms with Gasteiger partial charge in [-0.3, -0.25) is 19.9 Å².